The van der Waals surface area contributed by atoms with Crippen LogP contribution in [0.25, 0.3) is 120 Å². The second-order valence-corrected chi connectivity index (χ2v) is 15.5. The van der Waals surface area contributed by atoms with Crippen molar-refractivity contribution >= 4 is 64.6 Å². The predicted molar refractivity (Wildman–Crippen MR) is 250 cm³/mol. The van der Waals surface area contributed by atoms with E-state index in [-0.39, 0.29) is 0 Å². The van der Waals surface area contributed by atoms with E-state index in [1.54, 1.807) is 0 Å². The van der Waals surface area contributed by atoms with Crippen molar-refractivity contribution in [1.29, 1.82) is 0 Å². The molecule has 0 aromatic heterocycles. The van der Waals surface area contributed by atoms with Gasteiger partial charge < -0.3 is 0 Å². The van der Waals surface area contributed by atoms with Gasteiger partial charge in [-0.05, 0) is 126 Å². The standard InChI is InChI=1S/C58H36/c1-3-12-37(13-4-1)45-32-34-51-53(36-45)57(40-14-5-2-6-15-40)49-21-10-9-20-48(49)55(51)43-26-22-38(23-27-43)39-24-28-44(29-25-39)56-47-19-8-7-18-46(47)50-33-30-41-16-11-17-42-31-35-52(56)58(50)54(41)42/h1-36H. The molecule has 12 aromatic rings. The summed E-state index contributed by atoms with van der Waals surface area (Å²) < 4.78 is 0. The van der Waals surface area contributed by atoms with Gasteiger partial charge in [-0.2, -0.15) is 0 Å². The molecular weight excluding hydrogens is 697 g/mol. The van der Waals surface area contributed by atoms with E-state index in [0.29, 0.717) is 0 Å². The first-order valence-electron chi connectivity index (χ1n) is 20.2. The second kappa shape index (κ2) is 13.0. The summed E-state index contributed by atoms with van der Waals surface area (Å²) in [5.74, 6) is 0. The Balaban J connectivity index is 0.987. The van der Waals surface area contributed by atoms with Gasteiger partial charge in [-0.25, -0.2) is 0 Å². The van der Waals surface area contributed by atoms with Crippen molar-refractivity contribution in [2.75, 3.05) is 0 Å². The Morgan fingerprint density at radius 3 is 1.16 bits per heavy atom. The molecule has 0 aliphatic rings. The zero-order valence-corrected chi connectivity index (χ0v) is 31.8. The van der Waals surface area contributed by atoms with Gasteiger partial charge in [0, 0.05) is 0 Å². The lowest BCUT2D eigenvalue weighted by Crippen LogP contribution is -1.92. The van der Waals surface area contributed by atoms with Crippen LogP contribution in [-0.4, -0.2) is 0 Å². The van der Waals surface area contributed by atoms with E-state index in [4.69, 9.17) is 0 Å². The lowest BCUT2D eigenvalue weighted by Gasteiger charge is -2.19. The molecule has 0 spiro atoms. The molecule has 58 heavy (non-hydrogen) atoms. The summed E-state index contributed by atoms with van der Waals surface area (Å²) in [5, 5.41) is 15.6. The van der Waals surface area contributed by atoms with Crippen molar-refractivity contribution in [2.24, 2.45) is 0 Å². The third-order valence-corrected chi connectivity index (χ3v) is 12.4. The Morgan fingerprint density at radius 2 is 0.552 bits per heavy atom. The maximum absolute atomic E-state index is 2.39. The van der Waals surface area contributed by atoms with E-state index in [0.717, 1.165) is 0 Å². The molecule has 0 unspecified atom stereocenters. The molecule has 268 valence electrons. The number of fused-ring (bicyclic) bond motifs is 4. The molecule has 0 radical (unpaired) electrons. The predicted octanol–water partition coefficient (Wildman–Crippen LogP) is 16.4. The summed E-state index contributed by atoms with van der Waals surface area (Å²) in [7, 11) is 0. The van der Waals surface area contributed by atoms with Crippen LogP contribution in [0.5, 0.6) is 0 Å². The number of hydrogen-bond donors (Lipinski definition) is 0. The van der Waals surface area contributed by atoms with Gasteiger partial charge in [0.1, 0.15) is 0 Å². The molecule has 0 atom stereocenters. The Bertz CT molecular complexity index is 3490. The average Bonchev–Trinajstić information content (AvgIpc) is 3.30. The highest BCUT2D eigenvalue weighted by atomic mass is 14.2. The summed E-state index contributed by atoms with van der Waals surface area (Å²) in [6, 6.07) is 80.7. The molecule has 0 amide bonds. The lowest BCUT2D eigenvalue weighted by molar-refractivity contribution is 1.60. The quantitative estimate of drug-likeness (QED) is 0.122. The van der Waals surface area contributed by atoms with Crippen LogP contribution in [0.3, 0.4) is 0 Å². The minimum absolute atomic E-state index is 1.21. The molecule has 0 heterocycles. The lowest BCUT2D eigenvalue weighted by atomic mass is 9.84. The first-order valence-corrected chi connectivity index (χ1v) is 20.2. The molecule has 0 N–H and O–H groups in total. The Labute approximate surface area is 337 Å². The molecule has 0 saturated carbocycles. The third-order valence-electron chi connectivity index (χ3n) is 12.4. The van der Waals surface area contributed by atoms with Gasteiger partial charge in [0.2, 0.25) is 0 Å². The fourth-order valence-corrected chi connectivity index (χ4v) is 9.78. The molecule has 0 aliphatic heterocycles. The van der Waals surface area contributed by atoms with Gasteiger partial charge in [-0.3, -0.25) is 0 Å². The first kappa shape index (κ1) is 32.7. The zero-order valence-electron chi connectivity index (χ0n) is 31.8. The molecule has 0 bridgehead atoms. The molecule has 0 saturated heterocycles. The van der Waals surface area contributed by atoms with E-state index in [9.17, 15) is 0 Å². The van der Waals surface area contributed by atoms with Gasteiger partial charge in [0.15, 0.2) is 0 Å². The number of benzene rings is 12. The SMILES string of the molecule is c1ccc(-c2ccc3c(-c4ccc(-c5ccc(-c6c7ccccc7c7ccc8cccc9ccc6c7c98)cc5)cc4)c4ccccc4c(-c4ccccc4)c3c2)cc1. The van der Waals surface area contributed by atoms with Crippen molar-refractivity contribution in [1.82, 2.24) is 0 Å². The first-order chi connectivity index (χ1) is 28.8. The number of hydrogen-bond acceptors (Lipinski definition) is 0. The Hall–Kier alpha value is -7.54. The molecule has 12 aromatic carbocycles. The third kappa shape index (κ3) is 5.02. The molecule has 0 fully saturated rings. The van der Waals surface area contributed by atoms with Gasteiger partial charge in [0.05, 0.1) is 0 Å². The topological polar surface area (TPSA) is 0 Å². The summed E-state index contributed by atoms with van der Waals surface area (Å²) in [5.41, 5.74) is 12.4. The Kier molecular flexibility index (Phi) is 7.33. The fraction of sp³-hybridized carbons (Fsp3) is 0. The van der Waals surface area contributed by atoms with Crippen molar-refractivity contribution in [3.8, 4) is 55.6 Å². The van der Waals surface area contributed by atoms with E-state index >= 15 is 0 Å². The van der Waals surface area contributed by atoms with Gasteiger partial charge in [-0.15, -0.1) is 0 Å². The monoisotopic (exact) mass is 732 g/mol. The summed E-state index contributed by atoms with van der Waals surface area (Å²) in [4.78, 5) is 0. The van der Waals surface area contributed by atoms with Crippen LogP contribution in [0.2, 0.25) is 0 Å². The molecule has 0 aliphatic carbocycles. The van der Waals surface area contributed by atoms with Crippen LogP contribution in [0.15, 0.2) is 218 Å². The highest BCUT2D eigenvalue weighted by Gasteiger charge is 2.19. The summed E-state index contributed by atoms with van der Waals surface area (Å²) in [6.07, 6.45) is 0. The van der Waals surface area contributed by atoms with Crippen LogP contribution in [0.4, 0.5) is 0 Å². The van der Waals surface area contributed by atoms with Crippen molar-refractivity contribution in [2.45, 2.75) is 0 Å². The second-order valence-electron chi connectivity index (χ2n) is 15.5. The van der Waals surface area contributed by atoms with Gasteiger partial charge >= 0.3 is 0 Å². The molecule has 0 nitrogen and oxygen atoms in total. The van der Waals surface area contributed by atoms with Crippen LogP contribution in [-0.2, 0) is 0 Å². The largest absolute Gasteiger partial charge is 0.0622 e. The number of rotatable bonds is 5. The molecular formula is C58H36. The van der Waals surface area contributed by atoms with E-state index in [1.165, 1.54) is 120 Å². The smallest absolute Gasteiger partial charge is 0.00141 e. The average molecular weight is 733 g/mol. The van der Waals surface area contributed by atoms with Crippen molar-refractivity contribution in [3.63, 3.8) is 0 Å². The maximum Gasteiger partial charge on any atom is -0.00141 e. The molecule has 0 heteroatoms. The van der Waals surface area contributed by atoms with Crippen LogP contribution < -0.4 is 0 Å². The highest BCUT2D eigenvalue weighted by molar-refractivity contribution is 6.33. The normalized spacial score (nSPS) is 11.8. The highest BCUT2D eigenvalue weighted by Crippen LogP contribution is 2.47. The van der Waals surface area contributed by atoms with E-state index in [1.807, 2.05) is 0 Å². The minimum Gasteiger partial charge on any atom is -0.0622 e. The summed E-state index contributed by atoms with van der Waals surface area (Å²) >= 11 is 0. The van der Waals surface area contributed by atoms with Crippen LogP contribution >= 0.6 is 0 Å². The van der Waals surface area contributed by atoms with Crippen molar-refractivity contribution in [3.05, 3.63) is 218 Å². The zero-order chi connectivity index (χ0) is 38.2. The Morgan fingerprint density at radius 1 is 0.172 bits per heavy atom. The van der Waals surface area contributed by atoms with Crippen molar-refractivity contribution < 1.29 is 0 Å². The van der Waals surface area contributed by atoms with E-state index in [2.05, 4.69) is 218 Å². The van der Waals surface area contributed by atoms with E-state index < -0.39 is 0 Å². The minimum atomic E-state index is 1.21. The fourth-order valence-electron chi connectivity index (χ4n) is 9.78. The van der Waals surface area contributed by atoms with Gasteiger partial charge in [-0.1, -0.05) is 212 Å². The van der Waals surface area contributed by atoms with Gasteiger partial charge in [0.25, 0.3) is 0 Å². The summed E-state index contributed by atoms with van der Waals surface area (Å²) in [6.45, 7) is 0. The molecule has 12 rings (SSSR count). The van der Waals surface area contributed by atoms with Crippen LogP contribution in [0.1, 0.15) is 0 Å². The maximum atomic E-state index is 2.39. The van der Waals surface area contributed by atoms with Crippen LogP contribution in [0, 0.1) is 0 Å².